The van der Waals surface area contributed by atoms with Gasteiger partial charge in [0.25, 0.3) is 5.91 Å². The molecule has 4 N–H and O–H groups in total. The van der Waals surface area contributed by atoms with Gasteiger partial charge in [0.05, 0.1) is 18.0 Å². The average molecular weight is 428 g/mol. The number of aromatic nitrogens is 2. The van der Waals surface area contributed by atoms with Gasteiger partial charge in [0, 0.05) is 24.3 Å². The Morgan fingerprint density at radius 3 is 2.65 bits per heavy atom. The van der Waals surface area contributed by atoms with Gasteiger partial charge in [0.15, 0.2) is 5.82 Å². The van der Waals surface area contributed by atoms with Gasteiger partial charge in [0.2, 0.25) is 0 Å². The predicted molar refractivity (Wildman–Crippen MR) is 111 cm³/mol. The number of primary amides is 1. The van der Waals surface area contributed by atoms with Gasteiger partial charge in [-0.3, -0.25) is 9.48 Å². The molecule has 0 bridgehead atoms. The number of halogens is 1. The van der Waals surface area contributed by atoms with Crippen LogP contribution in [0.2, 0.25) is 0 Å². The molecule has 31 heavy (non-hydrogen) atoms. The van der Waals surface area contributed by atoms with Crippen LogP contribution < -0.4 is 16.4 Å². The van der Waals surface area contributed by atoms with Gasteiger partial charge in [-0.2, -0.15) is 10.4 Å². The van der Waals surface area contributed by atoms with Crippen LogP contribution >= 0.6 is 0 Å². The number of benzene rings is 1. The van der Waals surface area contributed by atoms with E-state index in [4.69, 9.17) is 10.5 Å². The highest BCUT2D eigenvalue weighted by Gasteiger charge is 2.35. The number of hydrogen-bond acceptors (Lipinski definition) is 6. The third-order valence-electron chi connectivity index (χ3n) is 5.06. The minimum atomic E-state index is -0.674. The van der Waals surface area contributed by atoms with Crippen LogP contribution in [0.1, 0.15) is 49.5 Å². The van der Waals surface area contributed by atoms with Gasteiger partial charge in [-0.25, -0.2) is 9.18 Å². The zero-order valence-electron chi connectivity index (χ0n) is 17.3. The van der Waals surface area contributed by atoms with Crippen molar-refractivity contribution in [3.63, 3.8) is 0 Å². The van der Waals surface area contributed by atoms with Crippen molar-refractivity contribution in [1.29, 1.82) is 5.26 Å². The average Bonchev–Trinajstić information content (AvgIpc) is 3.12. The first kappa shape index (κ1) is 22.1. The van der Waals surface area contributed by atoms with E-state index in [1.54, 1.807) is 4.68 Å². The van der Waals surface area contributed by atoms with E-state index in [9.17, 15) is 19.2 Å². The first-order valence-electron chi connectivity index (χ1n) is 10.0. The first-order chi connectivity index (χ1) is 14.8. The van der Waals surface area contributed by atoms with Crippen molar-refractivity contribution in [3.05, 3.63) is 41.8 Å². The third-order valence-corrected chi connectivity index (χ3v) is 5.06. The lowest BCUT2D eigenvalue weighted by molar-refractivity contribution is 0.0504. The first-order valence-corrected chi connectivity index (χ1v) is 10.0. The van der Waals surface area contributed by atoms with Crippen LogP contribution in [0.3, 0.4) is 0 Å². The molecule has 2 aromatic rings. The van der Waals surface area contributed by atoms with Crippen molar-refractivity contribution in [2.45, 2.75) is 51.3 Å². The number of nitrogens with two attached hydrogens (primary N) is 1. The number of hydrogen-bond donors (Lipinski definition) is 3. The summed E-state index contributed by atoms with van der Waals surface area (Å²) in [6.07, 6.45) is 2.09. The fraction of sp³-hybridized carbons (Fsp3) is 0.429. The van der Waals surface area contributed by atoms with E-state index in [1.807, 2.05) is 13.8 Å². The molecule has 1 fully saturated rings. The Kier molecular flexibility index (Phi) is 6.74. The topological polar surface area (TPSA) is 135 Å². The van der Waals surface area contributed by atoms with E-state index in [1.165, 1.54) is 30.5 Å². The van der Waals surface area contributed by atoms with Gasteiger partial charge in [-0.15, -0.1) is 0 Å². The molecule has 0 aliphatic heterocycles. The molecular weight excluding hydrogens is 403 g/mol. The number of nitrogens with zero attached hydrogens (tertiary/aromatic N) is 3. The molecule has 0 unspecified atom stereocenters. The molecule has 1 aromatic heterocycles. The normalized spacial score (nSPS) is 20.7. The monoisotopic (exact) mass is 428 g/mol. The smallest absolute Gasteiger partial charge is 0.407 e. The second kappa shape index (κ2) is 9.47. The summed E-state index contributed by atoms with van der Waals surface area (Å²) in [5.74, 6) is -1.30. The molecule has 1 aliphatic carbocycles. The SMILES string of the molecule is CC(C)NC(=O)O[C@@H]1CC[C@@H](n2cc(C(N)=O)c(Nc3ccc(F)cc3)n2)[C@H](C#N)C1. The van der Waals surface area contributed by atoms with Gasteiger partial charge >= 0.3 is 6.09 Å². The Hall–Kier alpha value is -3.61. The van der Waals surface area contributed by atoms with Crippen LogP contribution in [0, 0.1) is 23.1 Å². The number of ether oxygens (including phenoxy) is 1. The molecule has 2 amide bonds. The molecule has 164 valence electrons. The predicted octanol–water partition coefficient (Wildman–Crippen LogP) is 3.23. The van der Waals surface area contributed by atoms with Crippen molar-refractivity contribution < 1.29 is 18.7 Å². The van der Waals surface area contributed by atoms with Gasteiger partial charge in [-0.1, -0.05) is 0 Å². The lowest BCUT2D eigenvalue weighted by atomic mass is 9.83. The Morgan fingerprint density at radius 2 is 2.03 bits per heavy atom. The highest BCUT2D eigenvalue weighted by molar-refractivity contribution is 5.98. The molecule has 1 aliphatic rings. The number of nitrogens with one attached hydrogen (secondary N) is 2. The molecule has 3 atom stereocenters. The summed E-state index contributed by atoms with van der Waals surface area (Å²) in [6.45, 7) is 3.67. The summed E-state index contributed by atoms with van der Waals surface area (Å²) < 4.78 is 20.1. The van der Waals surface area contributed by atoms with Crippen molar-refractivity contribution in [2.24, 2.45) is 11.7 Å². The number of anilines is 2. The third kappa shape index (κ3) is 5.51. The quantitative estimate of drug-likeness (QED) is 0.646. The molecule has 3 rings (SSSR count). The van der Waals surface area contributed by atoms with E-state index in [0.29, 0.717) is 24.9 Å². The number of amides is 2. The largest absolute Gasteiger partial charge is 0.446 e. The van der Waals surface area contributed by atoms with E-state index in [2.05, 4.69) is 21.8 Å². The molecular formula is C21H25FN6O3. The molecule has 9 nitrogen and oxygen atoms in total. The standard InChI is InChI=1S/C21H25FN6O3/c1-12(2)25-21(30)31-16-7-8-18(13(9-16)10-23)28-11-17(19(24)29)20(27-28)26-15-5-3-14(22)4-6-15/h3-6,11-13,16,18H,7-9H2,1-2H3,(H2,24,29)(H,25,30)(H,26,27)/t13-,16+,18+/m0/s1. The minimum absolute atomic E-state index is 0.0427. The fourth-order valence-corrected chi connectivity index (χ4v) is 3.60. The lowest BCUT2D eigenvalue weighted by Gasteiger charge is -2.32. The maximum atomic E-state index is 13.1. The maximum Gasteiger partial charge on any atom is 0.407 e. The Labute approximate surface area is 179 Å². The van der Waals surface area contributed by atoms with Crippen LogP contribution in [0.15, 0.2) is 30.5 Å². The van der Waals surface area contributed by atoms with Crippen LogP contribution in [0.25, 0.3) is 0 Å². The van der Waals surface area contributed by atoms with Crippen LogP contribution in [0.4, 0.5) is 20.7 Å². The van der Waals surface area contributed by atoms with Crippen LogP contribution in [0.5, 0.6) is 0 Å². The number of carbonyl (C=O) groups excluding carboxylic acids is 2. The Balaban J connectivity index is 1.76. The van der Waals surface area contributed by atoms with Crippen LogP contribution in [-0.4, -0.2) is 33.9 Å². The summed E-state index contributed by atoms with van der Waals surface area (Å²) in [4.78, 5) is 23.8. The van der Waals surface area contributed by atoms with E-state index < -0.39 is 17.9 Å². The second-order valence-corrected chi connectivity index (χ2v) is 7.81. The van der Waals surface area contributed by atoms with Crippen molar-refractivity contribution >= 4 is 23.5 Å². The zero-order chi connectivity index (χ0) is 22.5. The van der Waals surface area contributed by atoms with Gasteiger partial charge in [-0.05, 0) is 51.0 Å². The summed E-state index contributed by atoms with van der Waals surface area (Å²) in [5.41, 5.74) is 6.20. The molecule has 0 spiro atoms. The number of rotatable bonds is 6. The van der Waals surface area contributed by atoms with E-state index in [-0.39, 0.29) is 35.4 Å². The molecule has 1 heterocycles. The molecule has 0 radical (unpaired) electrons. The van der Waals surface area contributed by atoms with Crippen LogP contribution in [-0.2, 0) is 4.74 Å². The van der Waals surface area contributed by atoms with E-state index >= 15 is 0 Å². The molecule has 10 heteroatoms. The molecule has 0 saturated heterocycles. The minimum Gasteiger partial charge on any atom is -0.446 e. The zero-order valence-corrected chi connectivity index (χ0v) is 17.3. The summed E-state index contributed by atoms with van der Waals surface area (Å²) in [6, 6.07) is 7.51. The summed E-state index contributed by atoms with van der Waals surface area (Å²) in [7, 11) is 0. The van der Waals surface area contributed by atoms with Gasteiger partial charge < -0.3 is 21.1 Å². The Bertz CT molecular complexity index is 982. The summed E-state index contributed by atoms with van der Waals surface area (Å²) in [5, 5.41) is 19.8. The number of alkyl carbamates (subject to hydrolysis) is 1. The number of nitriles is 1. The van der Waals surface area contributed by atoms with Crippen molar-refractivity contribution in [3.8, 4) is 6.07 Å². The molecule has 1 saturated carbocycles. The lowest BCUT2D eigenvalue weighted by Crippen LogP contribution is -2.37. The Morgan fingerprint density at radius 1 is 1.32 bits per heavy atom. The highest BCUT2D eigenvalue weighted by atomic mass is 19.1. The maximum absolute atomic E-state index is 13.1. The van der Waals surface area contributed by atoms with Crippen molar-refractivity contribution in [1.82, 2.24) is 15.1 Å². The molecule has 1 aromatic carbocycles. The summed E-state index contributed by atoms with van der Waals surface area (Å²) >= 11 is 0. The number of carbonyl (C=O) groups is 2. The fourth-order valence-electron chi connectivity index (χ4n) is 3.60. The highest BCUT2D eigenvalue weighted by Crippen LogP contribution is 2.36. The second-order valence-electron chi connectivity index (χ2n) is 7.81. The van der Waals surface area contributed by atoms with Crippen molar-refractivity contribution in [2.75, 3.05) is 5.32 Å². The van der Waals surface area contributed by atoms with E-state index in [0.717, 1.165) is 0 Å². The van der Waals surface area contributed by atoms with Gasteiger partial charge in [0.1, 0.15) is 17.5 Å².